The summed E-state index contributed by atoms with van der Waals surface area (Å²) in [5.74, 6) is -1.12. The number of likely N-dealkylation sites (N-methyl/N-ethyl adjacent to an activating group) is 1. The molecule has 20 heavy (non-hydrogen) atoms. The zero-order chi connectivity index (χ0) is 15.1. The minimum absolute atomic E-state index is 0.0195. The lowest BCUT2D eigenvalue weighted by molar-refractivity contribution is -0.139. The average molecular weight is 287 g/mol. The maximum Gasteiger partial charge on any atom is 0.326 e. The summed E-state index contributed by atoms with van der Waals surface area (Å²) in [5.41, 5.74) is 0. The molecule has 1 aliphatic rings. The summed E-state index contributed by atoms with van der Waals surface area (Å²) >= 11 is 0. The van der Waals surface area contributed by atoms with E-state index in [1.165, 1.54) is 0 Å². The lowest BCUT2D eigenvalue weighted by Gasteiger charge is -2.31. The van der Waals surface area contributed by atoms with Crippen molar-refractivity contribution in [3.8, 4) is 0 Å². The first-order chi connectivity index (χ1) is 9.49. The molecule has 1 rings (SSSR count). The van der Waals surface area contributed by atoms with E-state index in [2.05, 4.69) is 10.2 Å². The van der Waals surface area contributed by atoms with E-state index in [0.717, 1.165) is 25.9 Å². The number of carbonyl (C=O) groups is 2. The predicted octanol–water partition coefficient (Wildman–Crippen LogP) is -0.0523. The monoisotopic (exact) mass is 287 g/mol. The number of aliphatic carboxylic acids is 1. The molecule has 1 heterocycles. The first kappa shape index (κ1) is 16.7. The van der Waals surface area contributed by atoms with E-state index in [-0.39, 0.29) is 25.1 Å². The summed E-state index contributed by atoms with van der Waals surface area (Å²) in [6.07, 6.45) is 1.72. The van der Waals surface area contributed by atoms with Gasteiger partial charge in [0.15, 0.2) is 0 Å². The molecule has 2 amide bonds. The van der Waals surface area contributed by atoms with Crippen LogP contribution in [0.25, 0.3) is 0 Å². The van der Waals surface area contributed by atoms with Crippen LogP contribution in [0.2, 0.25) is 0 Å². The normalized spacial score (nSPS) is 22.1. The van der Waals surface area contributed by atoms with Crippen LogP contribution in [-0.2, 0) is 4.79 Å². The van der Waals surface area contributed by atoms with Crippen molar-refractivity contribution in [3.63, 3.8) is 0 Å². The topological polar surface area (TPSA) is 93.1 Å². The second kappa shape index (κ2) is 8.06. The van der Waals surface area contributed by atoms with E-state index < -0.39 is 12.0 Å². The van der Waals surface area contributed by atoms with Crippen molar-refractivity contribution < 1.29 is 19.8 Å². The van der Waals surface area contributed by atoms with Crippen molar-refractivity contribution in [2.24, 2.45) is 0 Å². The van der Waals surface area contributed by atoms with Gasteiger partial charge in [0.1, 0.15) is 6.04 Å². The maximum atomic E-state index is 12.3. The molecule has 0 aromatic carbocycles. The van der Waals surface area contributed by atoms with E-state index in [4.69, 9.17) is 10.2 Å². The maximum absolute atomic E-state index is 12.3. The highest BCUT2D eigenvalue weighted by molar-refractivity contribution is 5.82. The van der Waals surface area contributed by atoms with Crippen LogP contribution in [0.3, 0.4) is 0 Å². The van der Waals surface area contributed by atoms with Gasteiger partial charge in [0.25, 0.3) is 0 Å². The molecule has 3 N–H and O–H groups in total. The molecule has 1 saturated heterocycles. The van der Waals surface area contributed by atoms with Gasteiger partial charge in [-0.25, -0.2) is 9.59 Å². The van der Waals surface area contributed by atoms with Crippen LogP contribution in [0.1, 0.15) is 26.2 Å². The van der Waals surface area contributed by atoms with E-state index >= 15 is 0 Å². The van der Waals surface area contributed by atoms with E-state index in [0.29, 0.717) is 6.54 Å². The molecule has 1 unspecified atom stereocenters. The molecule has 0 aromatic rings. The Hall–Kier alpha value is -1.34. The third-order valence-corrected chi connectivity index (χ3v) is 3.65. The van der Waals surface area contributed by atoms with Gasteiger partial charge in [0, 0.05) is 32.2 Å². The lowest BCUT2D eigenvalue weighted by Crippen LogP contribution is -2.52. The quantitative estimate of drug-likeness (QED) is 0.659. The van der Waals surface area contributed by atoms with E-state index in [9.17, 15) is 9.59 Å². The van der Waals surface area contributed by atoms with Crippen LogP contribution in [0, 0.1) is 0 Å². The molecule has 0 bridgehead atoms. The third-order valence-electron chi connectivity index (χ3n) is 3.65. The van der Waals surface area contributed by atoms with Gasteiger partial charge in [0.05, 0.1) is 0 Å². The minimum atomic E-state index is -1.12. The fourth-order valence-corrected chi connectivity index (χ4v) is 2.48. The smallest absolute Gasteiger partial charge is 0.326 e. The summed E-state index contributed by atoms with van der Waals surface area (Å²) in [6, 6.07) is -1.30. The molecule has 2 atom stereocenters. The highest BCUT2D eigenvalue weighted by Crippen LogP contribution is 2.12. The molecular formula is C13H25N3O4. The number of aliphatic hydroxyl groups excluding tert-OH is 1. The van der Waals surface area contributed by atoms with Gasteiger partial charge in [-0.3, -0.25) is 0 Å². The van der Waals surface area contributed by atoms with Gasteiger partial charge in [-0.05, 0) is 26.4 Å². The number of carboxylic acid groups (broad SMARTS) is 1. The first-order valence-corrected chi connectivity index (χ1v) is 7.08. The Morgan fingerprint density at radius 2 is 2.10 bits per heavy atom. The second-order valence-corrected chi connectivity index (χ2v) is 5.22. The molecule has 7 heteroatoms. The Labute approximate surface area is 119 Å². The number of nitrogens with zero attached hydrogens (tertiary/aromatic N) is 2. The zero-order valence-electron chi connectivity index (χ0n) is 12.2. The molecular weight excluding hydrogens is 262 g/mol. The molecule has 1 aliphatic heterocycles. The minimum Gasteiger partial charge on any atom is -0.480 e. The van der Waals surface area contributed by atoms with Gasteiger partial charge in [-0.15, -0.1) is 0 Å². The highest BCUT2D eigenvalue weighted by Gasteiger charge is 2.28. The first-order valence-electron chi connectivity index (χ1n) is 7.08. The van der Waals surface area contributed by atoms with Gasteiger partial charge >= 0.3 is 12.0 Å². The van der Waals surface area contributed by atoms with Crippen molar-refractivity contribution in [1.82, 2.24) is 15.1 Å². The molecule has 116 valence electrons. The molecule has 7 nitrogen and oxygen atoms in total. The molecule has 0 spiro atoms. The average Bonchev–Trinajstić information content (AvgIpc) is 2.59. The van der Waals surface area contributed by atoms with Gasteiger partial charge in [0.2, 0.25) is 0 Å². The van der Waals surface area contributed by atoms with Crippen molar-refractivity contribution in [1.29, 1.82) is 0 Å². The predicted molar refractivity (Wildman–Crippen MR) is 74.6 cm³/mol. The van der Waals surface area contributed by atoms with Crippen molar-refractivity contribution >= 4 is 12.0 Å². The van der Waals surface area contributed by atoms with Crippen LogP contribution in [0.4, 0.5) is 4.79 Å². The molecule has 0 aromatic heterocycles. The van der Waals surface area contributed by atoms with Crippen LogP contribution >= 0.6 is 0 Å². The van der Waals surface area contributed by atoms with Gasteiger partial charge < -0.3 is 25.3 Å². The lowest BCUT2D eigenvalue weighted by atomic mass is 10.2. The van der Waals surface area contributed by atoms with E-state index in [1.54, 1.807) is 4.90 Å². The number of hydrogen-bond acceptors (Lipinski definition) is 4. The Balaban J connectivity index is 2.69. The molecule has 0 aliphatic carbocycles. The number of aliphatic hydroxyl groups is 1. The van der Waals surface area contributed by atoms with Crippen molar-refractivity contribution in [3.05, 3.63) is 0 Å². The number of amides is 2. The number of hydrogen-bond donors (Lipinski definition) is 3. The van der Waals surface area contributed by atoms with Crippen molar-refractivity contribution in [2.75, 3.05) is 33.3 Å². The number of urea groups is 1. The Morgan fingerprint density at radius 1 is 1.40 bits per heavy atom. The fourth-order valence-electron chi connectivity index (χ4n) is 2.48. The number of nitrogens with one attached hydrogen (secondary N) is 1. The van der Waals surface area contributed by atoms with Crippen LogP contribution in [0.15, 0.2) is 0 Å². The Morgan fingerprint density at radius 3 is 2.65 bits per heavy atom. The molecule has 0 radical (unpaired) electrons. The van der Waals surface area contributed by atoms with Gasteiger partial charge in [-0.2, -0.15) is 0 Å². The largest absolute Gasteiger partial charge is 0.480 e. The second-order valence-electron chi connectivity index (χ2n) is 5.22. The highest BCUT2D eigenvalue weighted by atomic mass is 16.4. The summed E-state index contributed by atoms with van der Waals surface area (Å²) in [6.45, 7) is 4.10. The van der Waals surface area contributed by atoms with Crippen LogP contribution < -0.4 is 5.32 Å². The Kier molecular flexibility index (Phi) is 6.74. The SMILES string of the molecule is CCC1CN(C)CCCN1C(=O)N[C@@H](CCO)C(=O)O. The number of rotatable bonds is 5. The van der Waals surface area contributed by atoms with Crippen LogP contribution in [0.5, 0.6) is 0 Å². The summed E-state index contributed by atoms with van der Waals surface area (Å²) in [7, 11) is 2.02. The van der Waals surface area contributed by atoms with Crippen molar-refractivity contribution in [2.45, 2.75) is 38.3 Å². The fraction of sp³-hybridized carbons (Fsp3) is 0.846. The summed E-state index contributed by atoms with van der Waals surface area (Å²) in [4.78, 5) is 27.2. The molecule has 1 fully saturated rings. The number of carboxylic acids is 1. The van der Waals surface area contributed by atoms with Gasteiger partial charge in [-0.1, -0.05) is 6.92 Å². The summed E-state index contributed by atoms with van der Waals surface area (Å²) in [5, 5.41) is 20.4. The number of carbonyl (C=O) groups excluding carboxylic acids is 1. The van der Waals surface area contributed by atoms with E-state index in [1.807, 2.05) is 14.0 Å². The standard InChI is InChI=1S/C13H25N3O4/c1-3-10-9-15(2)6-4-7-16(10)13(20)14-11(5-8-17)12(18)19/h10-11,17H,3-9H2,1-2H3,(H,14,20)(H,18,19)/t10?,11-/m0/s1. The van der Waals surface area contributed by atoms with Crippen LogP contribution in [-0.4, -0.2) is 77.4 Å². The third kappa shape index (κ3) is 4.64. The molecule has 0 saturated carbocycles. The Bertz CT molecular complexity index is 338. The zero-order valence-corrected chi connectivity index (χ0v) is 12.2. The summed E-state index contributed by atoms with van der Waals surface area (Å²) < 4.78 is 0.